The zero-order valence-electron chi connectivity index (χ0n) is 12.2. The number of nitrogen functional groups attached to an aromatic ring is 1. The minimum Gasteiger partial charge on any atom is -0.493 e. The summed E-state index contributed by atoms with van der Waals surface area (Å²) in [6.45, 7) is 1.89. The third kappa shape index (κ3) is 2.84. The van der Waals surface area contributed by atoms with Crippen LogP contribution in [0.25, 0.3) is 0 Å². The topological polar surface area (TPSA) is 80.3 Å². The first-order chi connectivity index (χ1) is 10.1. The Balaban J connectivity index is 2.45. The van der Waals surface area contributed by atoms with Crippen molar-refractivity contribution in [3.8, 4) is 17.6 Å². The molecule has 0 saturated carbocycles. The number of benzene rings is 2. The Labute approximate surface area is 123 Å². The van der Waals surface area contributed by atoms with Gasteiger partial charge >= 0.3 is 0 Å². The van der Waals surface area contributed by atoms with Gasteiger partial charge in [-0.25, -0.2) is 0 Å². The third-order valence-electron chi connectivity index (χ3n) is 3.21. The van der Waals surface area contributed by atoms with Gasteiger partial charge in [0.25, 0.3) is 0 Å². The lowest BCUT2D eigenvalue weighted by molar-refractivity contribution is 0.355. The molecule has 2 aromatic carbocycles. The van der Waals surface area contributed by atoms with Gasteiger partial charge in [0.05, 0.1) is 36.8 Å². The molecule has 0 aliphatic rings. The summed E-state index contributed by atoms with van der Waals surface area (Å²) in [4.78, 5) is 0. The molecule has 0 radical (unpaired) electrons. The molecule has 5 nitrogen and oxygen atoms in total. The second-order valence-electron chi connectivity index (χ2n) is 4.53. The second-order valence-corrected chi connectivity index (χ2v) is 4.53. The van der Waals surface area contributed by atoms with Crippen molar-refractivity contribution in [2.24, 2.45) is 0 Å². The predicted molar refractivity (Wildman–Crippen MR) is 83.1 cm³/mol. The maximum Gasteiger partial charge on any atom is 0.162 e. The molecule has 0 spiro atoms. The fourth-order valence-electron chi connectivity index (χ4n) is 2.07. The summed E-state index contributed by atoms with van der Waals surface area (Å²) in [6, 6.07) is 11.2. The van der Waals surface area contributed by atoms with Crippen LogP contribution in [0.3, 0.4) is 0 Å². The molecule has 0 heterocycles. The average molecular weight is 283 g/mol. The molecule has 0 aliphatic carbocycles. The smallest absolute Gasteiger partial charge is 0.162 e. The van der Waals surface area contributed by atoms with Crippen LogP contribution in [-0.4, -0.2) is 14.2 Å². The Morgan fingerprint density at radius 1 is 1.10 bits per heavy atom. The van der Waals surface area contributed by atoms with Crippen molar-refractivity contribution in [3.63, 3.8) is 0 Å². The quantitative estimate of drug-likeness (QED) is 0.842. The molecule has 2 rings (SSSR count). The first-order valence-electron chi connectivity index (χ1n) is 6.39. The molecule has 0 amide bonds. The molecule has 21 heavy (non-hydrogen) atoms. The van der Waals surface area contributed by atoms with E-state index in [0.29, 0.717) is 34.1 Å². The van der Waals surface area contributed by atoms with E-state index < -0.39 is 0 Å². The number of rotatable bonds is 4. The monoisotopic (exact) mass is 283 g/mol. The number of nitrogens with two attached hydrogens (primary N) is 1. The molecule has 2 aromatic rings. The Morgan fingerprint density at radius 2 is 1.76 bits per heavy atom. The molecule has 108 valence electrons. The molecule has 0 atom stereocenters. The Kier molecular flexibility index (Phi) is 4.19. The Morgan fingerprint density at radius 3 is 2.38 bits per heavy atom. The summed E-state index contributed by atoms with van der Waals surface area (Å²) in [6.07, 6.45) is 0. The zero-order valence-corrected chi connectivity index (χ0v) is 12.2. The van der Waals surface area contributed by atoms with E-state index in [9.17, 15) is 5.26 Å². The summed E-state index contributed by atoms with van der Waals surface area (Å²) in [5.41, 5.74) is 9.39. The number of nitriles is 1. The van der Waals surface area contributed by atoms with E-state index in [0.717, 1.165) is 5.56 Å². The molecule has 0 aromatic heterocycles. The molecule has 0 bridgehead atoms. The van der Waals surface area contributed by atoms with Crippen molar-refractivity contribution in [1.29, 1.82) is 5.26 Å². The number of nitrogens with one attached hydrogen (secondary N) is 1. The molecular weight excluding hydrogens is 266 g/mol. The number of methoxy groups -OCH3 is 2. The minimum atomic E-state index is 0.512. The van der Waals surface area contributed by atoms with Gasteiger partial charge in [-0.2, -0.15) is 5.26 Å². The van der Waals surface area contributed by atoms with Gasteiger partial charge in [0.15, 0.2) is 11.5 Å². The van der Waals surface area contributed by atoms with E-state index in [4.69, 9.17) is 15.2 Å². The van der Waals surface area contributed by atoms with E-state index in [1.165, 1.54) is 0 Å². The molecule has 0 fully saturated rings. The molecule has 0 saturated heterocycles. The standard InChI is InChI=1S/C16H17N3O2/c1-10-5-4-6-13(11(10)9-17)19-14-8-16(21-3)15(20-2)7-12(14)18/h4-8,19H,18H2,1-3H3. The first kappa shape index (κ1) is 14.5. The van der Waals surface area contributed by atoms with E-state index in [1.807, 2.05) is 25.1 Å². The van der Waals surface area contributed by atoms with Crippen LogP contribution in [0.2, 0.25) is 0 Å². The lowest BCUT2D eigenvalue weighted by Gasteiger charge is -2.15. The number of ether oxygens (including phenoxy) is 2. The normalized spacial score (nSPS) is 9.81. The summed E-state index contributed by atoms with van der Waals surface area (Å²) in [5, 5.41) is 12.4. The van der Waals surface area contributed by atoms with Crippen molar-refractivity contribution >= 4 is 17.1 Å². The van der Waals surface area contributed by atoms with Gasteiger partial charge in [-0.1, -0.05) is 12.1 Å². The summed E-state index contributed by atoms with van der Waals surface area (Å²) >= 11 is 0. The molecule has 5 heteroatoms. The molecule has 0 unspecified atom stereocenters. The van der Waals surface area contributed by atoms with E-state index in [2.05, 4.69) is 11.4 Å². The van der Waals surface area contributed by atoms with Gasteiger partial charge in [-0.15, -0.1) is 0 Å². The van der Waals surface area contributed by atoms with Crippen LogP contribution in [0.1, 0.15) is 11.1 Å². The van der Waals surface area contributed by atoms with Crippen molar-refractivity contribution in [2.45, 2.75) is 6.92 Å². The van der Waals surface area contributed by atoms with E-state index in [1.54, 1.807) is 26.4 Å². The molecule has 0 aliphatic heterocycles. The number of aryl methyl sites for hydroxylation is 1. The number of hydrogen-bond acceptors (Lipinski definition) is 5. The summed E-state index contributed by atoms with van der Waals surface area (Å²) in [5.74, 6) is 1.13. The summed E-state index contributed by atoms with van der Waals surface area (Å²) < 4.78 is 10.5. The zero-order chi connectivity index (χ0) is 15.4. The average Bonchev–Trinajstić information content (AvgIpc) is 2.49. The van der Waals surface area contributed by atoms with Crippen LogP contribution in [0.5, 0.6) is 11.5 Å². The lowest BCUT2D eigenvalue weighted by atomic mass is 10.1. The van der Waals surface area contributed by atoms with Crippen LogP contribution in [0.4, 0.5) is 17.1 Å². The third-order valence-corrected chi connectivity index (χ3v) is 3.21. The number of nitrogens with zero attached hydrogens (tertiary/aromatic N) is 1. The maximum absolute atomic E-state index is 9.26. The SMILES string of the molecule is COc1cc(N)c(Nc2cccc(C)c2C#N)cc1OC. The minimum absolute atomic E-state index is 0.512. The van der Waals surface area contributed by atoms with Crippen molar-refractivity contribution in [3.05, 3.63) is 41.5 Å². The highest BCUT2D eigenvalue weighted by molar-refractivity contribution is 5.79. The van der Waals surface area contributed by atoms with E-state index in [-0.39, 0.29) is 0 Å². The fraction of sp³-hybridized carbons (Fsp3) is 0.188. The highest BCUT2D eigenvalue weighted by atomic mass is 16.5. The van der Waals surface area contributed by atoms with Crippen LogP contribution in [0.15, 0.2) is 30.3 Å². The van der Waals surface area contributed by atoms with Gasteiger partial charge in [0.2, 0.25) is 0 Å². The maximum atomic E-state index is 9.26. The Hall–Kier alpha value is -2.87. The Bertz CT molecular complexity index is 705. The largest absolute Gasteiger partial charge is 0.493 e. The fourth-order valence-corrected chi connectivity index (χ4v) is 2.07. The van der Waals surface area contributed by atoms with Crippen molar-refractivity contribution in [2.75, 3.05) is 25.3 Å². The summed E-state index contributed by atoms with van der Waals surface area (Å²) in [7, 11) is 3.12. The van der Waals surface area contributed by atoms with Crippen LogP contribution < -0.4 is 20.5 Å². The van der Waals surface area contributed by atoms with Gasteiger partial charge in [0, 0.05) is 12.1 Å². The number of anilines is 3. The first-order valence-corrected chi connectivity index (χ1v) is 6.39. The van der Waals surface area contributed by atoms with Crippen molar-refractivity contribution in [1.82, 2.24) is 0 Å². The highest BCUT2D eigenvalue weighted by Gasteiger charge is 2.11. The van der Waals surface area contributed by atoms with Crippen LogP contribution >= 0.6 is 0 Å². The van der Waals surface area contributed by atoms with Gasteiger partial charge in [0.1, 0.15) is 6.07 Å². The second kappa shape index (κ2) is 6.06. The van der Waals surface area contributed by atoms with Crippen molar-refractivity contribution < 1.29 is 9.47 Å². The molecular formula is C16H17N3O2. The highest BCUT2D eigenvalue weighted by Crippen LogP contribution is 2.36. The van der Waals surface area contributed by atoms with Crippen LogP contribution in [0, 0.1) is 18.3 Å². The van der Waals surface area contributed by atoms with E-state index >= 15 is 0 Å². The van der Waals surface area contributed by atoms with Crippen LogP contribution in [-0.2, 0) is 0 Å². The van der Waals surface area contributed by atoms with Gasteiger partial charge < -0.3 is 20.5 Å². The number of hydrogen-bond donors (Lipinski definition) is 2. The molecule has 3 N–H and O–H groups in total. The van der Waals surface area contributed by atoms with Gasteiger partial charge in [-0.05, 0) is 18.6 Å². The van der Waals surface area contributed by atoms with Gasteiger partial charge in [-0.3, -0.25) is 0 Å². The lowest BCUT2D eigenvalue weighted by Crippen LogP contribution is -2.01. The predicted octanol–water partition coefficient (Wildman–Crippen LogP) is 3.21.